The van der Waals surface area contributed by atoms with Crippen LogP contribution in [-0.4, -0.2) is 17.1 Å². The van der Waals surface area contributed by atoms with E-state index in [1.807, 2.05) is 25.3 Å². The third kappa shape index (κ3) is 3.09. The fraction of sp³-hybridized carbons (Fsp3) is 0.545. The highest BCUT2D eigenvalue weighted by atomic mass is 16.5. The van der Waals surface area contributed by atoms with E-state index in [9.17, 15) is 0 Å². The highest BCUT2D eigenvalue weighted by Gasteiger charge is 2.20. The van der Waals surface area contributed by atoms with Crippen LogP contribution in [0.5, 0.6) is 0 Å². The first-order valence-corrected chi connectivity index (χ1v) is 4.93. The van der Waals surface area contributed by atoms with Gasteiger partial charge in [-0.05, 0) is 25.0 Å². The Balaban J connectivity index is 2.48. The van der Waals surface area contributed by atoms with Crippen LogP contribution in [0.15, 0.2) is 24.5 Å². The van der Waals surface area contributed by atoms with Gasteiger partial charge in [-0.3, -0.25) is 4.98 Å². The van der Waals surface area contributed by atoms with Crippen LogP contribution in [0, 0.1) is 0 Å². The van der Waals surface area contributed by atoms with Gasteiger partial charge < -0.3 is 10.5 Å². The molecule has 0 bridgehead atoms. The molecule has 1 atom stereocenters. The van der Waals surface area contributed by atoms with Crippen LogP contribution in [0.25, 0.3) is 0 Å². The summed E-state index contributed by atoms with van der Waals surface area (Å²) in [6, 6.07) is 3.91. The number of rotatable bonds is 5. The number of hydrogen-bond donors (Lipinski definition) is 1. The van der Waals surface area contributed by atoms with E-state index in [1.54, 1.807) is 6.20 Å². The van der Waals surface area contributed by atoms with E-state index in [2.05, 4.69) is 11.9 Å². The number of aromatic nitrogens is 1. The monoisotopic (exact) mass is 194 g/mol. The van der Waals surface area contributed by atoms with Crippen molar-refractivity contribution in [2.75, 3.05) is 6.54 Å². The molecule has 0 aromatic carbocycles. The Labute approximate surface area is 85.3 Å². The van der Waals surface area contributed by atoms with Crippen LogP contribution < -0.4 is 5.73 Å². The average Bonchev–Trinajstić information content (AvgIpc) is 2.27. The van der Waals surface area contributed by atoms with Crippen molar-refractivity contribution >= 4 is 0 Å². The van der Waals surface area contributed by atoms with E-state index in [1.165, 1.54) is 0 Å². The molecule has 14 heavy (non-hydrogen) atoms. The molecule has 1 aromatic heterocycles. The minimum Gasteiger partial charge on any atom is -0.369 e. The number of ether oxygens (including phenoxy) is 1. The van der Waals surface area contributed by atoms with E-state index >= 15 is 0 Å². The molecule has 1 rings (SSSR count). The Morgan fingerprint density at radius 1 is 1.57 bits per heavy atom. The van der Waals surface area contributed by atoms with Gasteiger partial charge >= 0.3 is 0 Å². The van der Waals surface area contributed by atoms with Crippen molar-refractivity contribution in [1.29, 1.82) is 0 Å². The molecular formula is C11H18N2O. The Kier molecular flexibility index (Phi) is 4.04. The first kappa shape index (κ1) is 11.1. The van der Waals surface area contributed by atoms with Crippen LogP contribution >= 0.6 is 0 Å². The normalized spacial score (nSPS) is 15.1. The molecule has 0 saturated heterocycles. The van der Waals surface area contributed by atoms with Gasteiger partial charge in [0.25, 0.3) is 0 Å². The molecule has 1 unspecified atom stereocenters. The zero-order chi connectivity index (χ0) is 10.4. The largest absolute Gasteiger partial charge is 0.369 e. The minimum absolute atomic E-state index is 0.212. The Bertz CT molecular complexity index is 257. The van der Waals surface area contributed by atoms with Crippen LogP contribution in [0.4, 0.5) is 0 Å². The molecule has 1 aromatic rings. The van der Waals surface area contributed by atoms with E-state index in [0.717, 1.165) is 12.0 Å². The van der Waals surface area contributed by atoms with Gasteiger partial charge in [0.2, 0.25) is 0 Å². The molecule has 78 valence electrons. The molecule has 3 nitrogen and oxygen atoms in total. The lowest BCUT2D eigenvalue weighted by atomic mass is 10.0. The fourth-order valence-corrected chi connectivity index (χ4v) is 1.05. The average molecular weight is 194 g/mol. The topological polar surface area (TPSA) is 48.1 Å². The summed E-state index contributed by atoms with van der Waals surface area (Å²) in [5.74, 6) is 0. The number of hydrogen-bond acceptors (Lipinski definition) is 3. The summed E-state index contributed by atoms with van der Waals surface area (Å²) in [7, 11) is 0. The van der Waals surface area contributed by atoms with Crippen molar-refractivity contribution in [2.45, 2.75) is 32.5 Å². The second-order valence-electron chi connectivity index (χ2n) is 3.66. The standard InChI is InChI=1S/C11H18N2O/c1-3-11(2,9-12)14-8-10-5-4-6-13-7-10/h4-7H,3,8-9,12H2,1-2H3. The molecule has 0 aliphatic rings. The zero-order valence-corrected chi connectivity index (χ0v) is 8.86. The molecule has 0 aliphatic heterocycles. The van der Waals surface area contributed by atoms with Gasteiger partial charge in [0, 0.05) is 18.9 Å². The molecule has 0 aliphatic carbocycles. The summed E-state index contributed by atoms with van der Waals surface area (Å²) in [6.07, 6.45) is 4.49. The Morgan fingerprint density at radius 2 is 2.36 bits per heavy atom. The predicted octanol–water partition coefficient (Wildman–Crippen LogP) is 1.73. The van der Waals surface area contributed by atoms with Crippen molar-refractivity contribution < 1.29 is 4.74 Å². The fourth-order valence-electron chi connectivity index (χ4n) is 1.05. The van der Waals surface area contributed by atoms with Crippen molar-refractivity contribution in [2.24, 2.45) is 5.73 Å². The third-order valence-electron chi connectivity index (χ3n) is 2.49. The third-order valence-corrected chi connectivity index (χ3v) is 2.49. The molecule has 1 heterocycles. The van der Waals surface area contributed by atoms with Crippen molar-refractivity contribution in [3.8, 4) is 0 Å². The van der Waals surface area contributed by atoms with Crippen LogP contribution in [-0.2, 0) is 11.3 Å². The highest BCUT2D eigenvalue weighted by molar-refractivity contribution is 5.06. The summed E-state index contributed by atoms with van der Waals surface area (Å²) in [4.78, 5) is 4.03. The lowest BCUT2D eigenvalue weighted by molar-refractivity contribution is -0.0388. The van der Waals surface area contributed by atoms with E-state index in [-0.39, 0.29) is 5.60 Å². The zero-order valence-electron chi connectivity index (χ0n) is 8.86. The molecule has 0 saturated carbocycles. The first-order chi connectivity index (χ1) is 6.70. The van der Waals surface area contributed by atoms with E-state index in [0.29, 0.717) is 13.2 Å². The second kappa shape index (κ2) is 5.08. The van der Waals surface area contributed by atoms with Gasteiger partial charge in [-0.15, -0.1) is 0 Å². The molecule has 3 heteroatoms. The summed E-state index contributed by atoms with van der Waals surface area (Å²) in [6.45, 7) is 5.23. The molecule has 2 N–H and O–H groups in total. The van der Waals surface area contributed by atoms with Gasteiger partial charge in [-0.1, -0.05) is 13.0 Å². The molecule has 0 radical (unpaired) electrons. The molecule has 0 amide bonds. The van der Waals surface area contributed by atoms with Gasteiger partial charge in [0.05, 0.1) is 12.2 Å². The van der Waals surface area contributed by atoms with Crippen molar-refractivity contribution in [1.82, 2.24) is 4.98 Å². The maximum atomic E-state index is 5.75. The minimum atomic E-state index is -0.212. The Hall–Kier alpha value is -0.930. The van der Waals surface area contributed by atoms with Gasteiger partial charge in [-0.2, -0.15) is 0 Å². The van der Waals surface area contributed by atoms with Crippen molar-refractivity contribution in [3.63, 3.8) is 0 Å². The quantitative estimate of drug-likeness (QED) is 0.776. The smallest absolute Gasteiger partial charge is 0.0778 e. The van der Waals surface area contributed by atoms with Gasteiger partial charge in [0.15, 0.2) is 0 Å². The van der Waals surface area contributed by atoms with E-state index < -0.39 is 0 Å². The van der Waals surface area contributed by atoms with Gasteiger partial charge in [-0.25, -0.2) is 0 Å². The number of nitrogens with two attached hydrogens (primary N) is 1. The number of nitrogens with zero attached hydrogens (tertiary/aromatic N) is 1. The summed E-state index contributed by atoms with van der Waals surface area (Å²) in [5.41, 5.74) is 6.51. The van der Waals surface area contributed by atoms with Crippen molar-refractivity contribution in [3.05, 3.63) is 30.1 Å². The summed E-state index contributed by atoms with van der Waals surface area (Å²) in [5, 5.41) is 0. The molecular weight excluding hydrogens is 176 g/mol. The van der Waals surface area contributed by atoms with E-state index in [4.69, 9.17) is 10.5 Å². The SMILES string of the molecule is CCC(C)(CN)OCc1cccnc1. The van der Waals surface area contributed by atoms with Crippen LogP contribution in [0.1, 0.15) is 25.8 Å². The Morgan fingerprint density at radius 3 is 2.86 bits per heavy atom. The lowest BCUT2D eigenvalue weighted by Crippen LogP contribution is -2.36. The van der Waals surface area contributed by atoms with Crippen LogP contribution in [0.2, 0.25) is 0 Å². The maximum absolute atomic E-state index is 5.75. The molecule has 0 fully saturated rings. The highest BCUT2D eigenvalue weighted by Crippen LogP contribution is 2.15. The predicted molar refractivity (Wildman–Crippen MR) is 56.8 cm³/mol. The van der Waals surface area contributed by atoms with Crippen LogP contribution in [0.3, 0.4) is 0 Å². The summed E-state index contributed by atoms with van der Waals surface area (Å²) >= 11 is 0. The lowest BCUT2D eigenvalue weighted by Gasteiger charge is -2.26. The van der Waals surface area contributed by atoms with Gasteiger partial charge in [0.1, 0.15) is 0 Å². The number of pyridine rings is 1. The molecule has 0 spiro atoms. The second-order valence-corrected chi connectivity index (χ2v) is 3.66. The first-order valence-electron chi connectivity index (χ1n) is 4.93. The maximum Gasteiger partial charge on any atom is 0.0778 e. The summed E-state index contributed by atoms with van der Waals surface area (Å²) < 4.78 is 5.75.